The molecule has 1 saturated heterocycles. The second-order valence-corrected chi connectivity index (χ2v) is 5.41. The fraction of sp³-hybridized carbons (Fsp3) is 0.500. The van der Waals surface area contributed by atoms with Gasteiger partial charge in [-0.25, -0.2) is 4.39 Å². The van der Waals surface area contributed by atoms with Crippen molar-refractivity contribution in [2.24, 2.45) is 0 Å². The van der Waals surface area contributed by atoms with Crippen LogP contribution in [-0.4, -0.2) is 41.7 Å². The van der Waals surface area contributed by atoms with Gasteiger partial charge in [-0.1, -0.05) is 18.0 Å². The molecule has 0 bridgehead atoms. The largest absolute Gasteiger partial charge is 0.395 e. The lowest BCUT2D eigenvalue weighted by molar-refractivity contribution is -0.118. The smallest absolute Gasteiger partial charge is 0.238 e. The fourth-order valence-corrected chi connectivity index (χ4v) is 2.61. The number of aliphatic hydroxyl groups is 1. The summed E-state index contributed by atoms with van der Waals surface area (Å²) in [5.41, 5.74) is 0.0834. The van der Waals surface area contributed by atoms with E-state index in [1.54, 1.807) is 0 Å². The van der Waals surface area contributed by atoms with Gasteiger partial charge in [0.15, 0.2) is 0 Å². The van der Waals surface area contributed by atoms with E-state index in [4.69, 9.17) is 11.6 Å². The zero-order valence-corrected chi connectivity index (χ0v) is 11.9. The molecule has 1 unspecified atom stereocenters. The maximum Gasteiger partial charge on any atom is 0.238 e. The van der Waals surface area contributed by atoms with Crippen molar-refractivity contribution in [1.82, 2.24) is 4.90 Å². The third kappa shape index (κ3) is 3.91. The molecule has 1 aromatic carbocycles. The molecule has 1 fully saturated rings. The molecule has 2 rings (SSSR count). The number of benzene rings is 1. The van der Waals surface area contributed by atoms with Gasteiger partial charge in [-0.05, 0) is 37.6 Å². The SMILES string of the molecule is O=C(CN1CCCCC1CO)Nc1cc(Cl)ccc1F. The summed E-state index contributed by atoms with van der Waals surface area (Å²) in [6.45, 7) is 0.965. The van der Waals surface area contributed by atoms with Gasteiger partial charge in [-0.15, -0.1) is 0 Å². The van der Waals surface area contributed by atoms with Crippen molar-refractivity contribution >= 4 is 23.2 Å². The Balaban J connectivity index is 1.96. The number of piperidine rings is 1. The number of anilines is 1. The molecular formula is C14H18ClFN2O2. The van der Waals surface area contributed by atoms with E-state index in [0.717, 1.165) is 25.8 Å². The Hall–Kier alpha value is -1.17. The predicted molar refractivity (Wildman–Crippen MR) is 76.3 cm³/mol. The summed E-state index contributed by atoms with van der Waals surface area (Å²) in [7, 11) is 0. The minimum Gasteiger partial charge on any atom is -0.395 e. The molecular weight excluding hydrogens is 283 g/mol. The molecule has 110 valence electrons. The van der Waals surface area contributed by atoms with Gasteiger partial charge >= 0.3 is 0 Å². The van der Waals surface area contributed by atoms with Crippen LogP contribution in [0.25, 0.3) is 0 Å². The van der Waals surface area contributed by atoms with Crippen molar-refractivity contribution in [3.8, 4) is 0 Å². The first kappa shape index (κ1) is 15.2. The number of nitrogens with one attached hydrogen (secondary N) is 1. The van der Waals surface area contributed by atoms with Crippen LogP contribution in [0.15, 0.2) is 18.2 Å². The van der Waals surface area contributed by atoms with E-state index in [0.29, 0.717) is 5.02 Å². The Labute approximate surface area is 122 Å². The van der Waals surface area contributed by atoms with Crippen LogP contribution < -0.4 is 5.32 Å². The van der Waals surface area contributed by atoms with Crippen LogP contribution in [0.2, 0.25) is 5.02 Å². The van der Waals surface area contributed by atoms with Gasteiger partial charge in [0.05, 0.1) is 18.8 Å². The molecule has 1 heterocycles. The average Bonchev–Trinajstić information content (AvgIpc) is 2.43. The zero-order chi connectivity index (χ0) is 14.5. The van der Waals surface area contributed by atoms with Crippen molar-refractivity contribution in [2.45, 2.75) is 25.3 Å². The van der Waals surface area contributed by atoms with Crippen molar-refractivity contribution < 1.29 is 14.3 Å². The van der Waals surface area contributed by atoms with Crippen LogP contribution in [0.4, 0.5) is 10.1 Å². The zero-order valence-electron chi connectivity index (χ0n) is 11.1. The summed E-state index contributed by atoms with van der Waals surface area (Å²) in [4.78, 5) is 13.9. The van der Waals surface area contributed by atoms with Crippen LogP contribution >= 0.6 is 11.6 Å². The second kappa shape index (κ2) is 7.02. The van der Waals surface area contributed by atoms with E-state index in [1.165, 1.54) is 18.2 Å². The molecule has 6 heteroatoms. The number of nitrogens with zero attached hydrogens (tertiary/aromatic N) is 1. The van der Waals surface area contributed by atoms with Crippen LogP contribution in [0.5, 0.6) is 0 Å². The van der Waals surface area contributed by atoms with E-state index in [9.17, 15) is 14.3 Å². The van der Waals surface area contributed by atoms with Crippen LogP contribution in [0, 0.1) is 5.82 Å². The number of hydrogen-bond donors (Lipinski definition) is 2. The summed E-state index contributed by atoms with van der Waals surface area (Å²) in [6, 6.07) is 4.04. The van der Waals surface area contributed by atoms with E-state index in [-0.39, 0.29) is 30.8 Å². The van der Waals surface area contributed by atoms with Crippen molar-refractivity contribution in [2.75, 3.05) is 25.0 Å². The van der Waals surface area contributed by atoms with Crippen LogP contribution in [0.3, 0.4) is 0 Å². The first-order valence-corrected chi connectivity index (χ1v) is 7.08. The first-order chi connectivity index (χ1) is 9.60. The lowest BCUT2D eigenvalue weighted by Crippen LogP contribution is -2.45. The van der Waals surface area contributed by atoms with E-state index < -0.39 is 5.82 Å². The maximum absolute atomic E-state index is 13.5. The molecule has 1 aromatic rings. The highest BCUT2D eigenvalue weighted by molar-refractivity contribution is 6.30. The average molecular weight is 301 g/mol. The monoisotopic (exact) mass is 300 g/mol. The topological polar surface area (TPSA) is 52.6 Å². The molecule has 0 spiro atoms. The Morgan fingerprint density at radius 2 is 2.30 bits per heavy atom. The van der Waals surface area contributed by atoms with Crippen molar-refractivity contribution in [1.29, 1.82) is 0 Å². The molecule has 0 radical (unpaired) electrons. The lowest BCUT2D eigenvalue weighted by Gasteiger charge is -2.33. The Morgan fingerprint density at radius 1 is 1.50 bits per heavy atom. The number of carbonyl (C=O) groups excluding carboxylic acids is 1. The molecule has 20 heavy (non-hydrogen) atoms. The second-order valence-electron chi connectivity index (χ2n) is 4.98. The molecule has 1 amide bonds. The van der Waals surface area contributed by atoms with Crippen LogP contribution in [0.1, 0.15) is 19.3 Å². The molecule has 1 atom stereocenters. The quantitative estimate of drug-likeness (QED) is 0.897. The summed E-state index contributed by atoms with van der Waals surface area (Å²) in [5, 5.41) is 12.2. The molecule has 0 aromatic heterocycles. The van der Waals surface area contributed by atoms with Gasteiger partial charge < -0.3 is 10.4 Å². The third-order valence-corrected chi connectivity index (χ3v) is 3.74. The molecule has 1 aliphatic heterocycles. The molecule has 2 N–H and O–H groups in total. The number of carbonyl (C=O) groups is 1. The van der Waals surface area contributed by atoms with Crippen molar-refractivity contribution in [3.05, 3.63) is 29.0 Å². The number of halogens is 2. The molecule has 4 nitrogen and oxygen atoms in total. The summed E-state index contributed by atoms with van der Waals surface area (Å²) in [5.74, 6) is -0.813. The van der Waals surface area contributed by atoms with Gasteiger partial charge in [0.2, 0.25) is 5.91 Å². The van der Waals surface area contributed by atoms with E-state index >= 15 is 0 Å². The summed E-state index contributed by atoms with van der Waals surface area (Å²) in [6.07, 6.45) is 2.96. The molecule has 0 aliphatic carbocycles. The fourth-order valence-electron chi connectivity index (χ4n) is 2.44. The standard InChI is InChI=1S/C14H18ClFN2O2/c15-10-4-5-12(16)13(7-10)17-14(20)8-18-6-2-1-3-11(18)9-19/h4-5,7,11,19H,1-3,6,8-9H2,(H,17,20). The highest BCUT2D eigenvalue weighted by atomic mass is 35.5. The Morgan fingerprint density at radius 3 is 3.05 bits per heavy atom. The van der Waals surface area contributed by atoms with Crippen molar-refractivity contribution in [3.63, 3.8) is 0 Å². The Kier molecular flexibility index (Phi) is 5.34. The highest BCUT2D eigenvalue weighted by Gasteiger charge is 2.23. The van der Waals surface area contributed by atoms with Gasteiger partial charge in [0.25, 0.3) is 0 Å². The third-order valence-electron chi connectivity index (χ3n) is 3.51. The maximum atomic E-state index is 13.5. The van der Waals surface area contributed by atoms with Gasteiger partial charge in [0.1, 0.15) is 5.82 Å². The predicted octanol–water partition coefficient (Wildman–Crippen LogP) is 2.26. The normalized spacial score (nSPS) is 19.9. The first-order valence-electron chi connectivity index (χ1n) is 6.70. The minimum absolute atomic E-state index is 0.0127. The number of rotatable bonds is 4. The highest BCUT2D eigenvalue weighted by Crippen LogP contribution is 2.20. The number of amides is 1. The van der Waals surface area contributed by atoms with Gasteiger partial charge in [-0.2, -0.15) is 0 Å². The lowest BCUT2D eigenvalue weighted by atomic mass is 10.0. The van der Waals surface area contributed by atoms with Gasteiger partial charge in [-0.3, -0.25) is 9.69 Å². The number of hydrogen-bond acceptors (Lipinski definition) is 3. The summed E-state index contributed by atoms with van der Waals surface area (Å²) < 4.78 is 13.5. The number of aliphatic hydroxyl groups excluding tert-OH is 1. The summed E-state index contributed by atoms with van der Waals surface area (Å²) >= 11 is 5.78. The molecule has 0 saturated carbocycles. The molecule has 1 aliphatic rings. The minimum atomic E-state index is -0.514. The van der Waals surface area contributed by atoms with Crippen LogP contribution in [-0.2, 0) is 4.79 Å². The van der Waals surface area contributed by atoms with Gasteiger partial charge in [0, 0.05) is 11.1 Å². The number of likely N-dealkylation sites (tertiary alicyclic amines) is 1. The van der Waals surface area contributed by atoms with E-state index in [2.05, 4.69) is 5.32 Å². The van der Waals surface area contributed by atoms with E-state index in [1.807, 2.05) is 4.90 Å². The Bertz CT molecular complexity index is 484.